The first-order chi connectivity index (χ1) is 12.5. The first kappa shape index (κ1) is 18.7. The Hall–Kier alpha value is -2.07. The number of ether oxygens (including phenoxy) is 1. The summed E-state index contributed by atoms with van der Waals surface area (Å²) < 4.78 is 6.03. The first-order valence-electron chi connectivity index (χ1n) is 9.74. The molecule has 0 saturated carbocycles. The lowest BCUT2D eigenvalue weighted by atomic mass is 9.98. The van der Waals surface area contributed by atoms with Gasteiger partial charge in [0.25, 0.3) is 0 Å². The van der Waals surface area contributed by atoms with Gasteiger partial charge in [-0.15, -0.1) is 0 Å². The monoisotopic (exact) mass is 353 g/mol. The molecular weight excluding hydrogens is 322 g/mol. The zero-order valence-corrected chi connectivity index (χ0v) is 16.5. The quantitative estimate of drug-likeness (QED) is 0.839. The third kappa shape index (κ3) is 4.55. The molecule has 1 saturated heterocycles. The van der Waals surface area contributed by atoms with Crippen LogP contribution in [0.15, 0.2) is 36.4 Å². The number of benzene rings is 1. The van der Waals surface area contributed by atoms with E-state index in [1.807, 2.05) is 0 Å². The summed E-state index contributed by atoms with van der Waals surface area (Å²) in [6.07, 6.45) is 0. The van der Waals surface area contributed by atoms with Gasteiger partial charge in [0.1, 0.15) is 11.6 Å². The van der Waals surface area contributed by atoms with E-state index in [0.717, 1.165) is 55.6 Å². The second-order valence-corrected chi connectivity index (χ2v) is 7.73. The Morgan fingerprint density at radius 2 is 1.85 bits per heavy atom. The number of nitrogens with one attached hydrogen (secondary N) is 1. The van der Waals surface area contributed by atoms with Gasteiger partial charge in [-0.25, -0.2) is 4.98 Å². The third-order valence-corrected chi connectivity index (χ3v) is 4.68. The average molecular weight is 354 g/mol. The van der Waals surface area contributed by atoms with Crippen LogP contribution in [0.25, 0.3) is 11.3 Å². The SMILES string of the molecule is CC(C)COc1ccc(-c2cccc(N3CCNCC3)n2)cc1C(C)C. The predicted octanol–water partition coefficient (Wildman–Crippen LogP) is 4.32. The average Bonchev–Trinajstić information content (AvgIpc) is 2.67. The summed E-state index contributed by atoms with van der Waals surface area (Å²) in [5.41, 5.74) is 3.43. The summed E-state index contributed by atoms with van der Waals surface area (Å²) in [5, 5.41) is 3.39. The molecule has 1 aromatic heterocycles. The molecule has 2 aromatic rings. The number of hydrogen-bond acceptors (Lipinski definition) is 4. The van der Waals surface area contributed by atoms with Gasteiger partial charge in [-0.2, -0.15) is 0 Å². The second-order valence-electron chi connectivity index (χ2n) is 7.73. The smallest absolute Gasteiger partial charge is 0.129 e. The van der Waals surface area contributed by atoms with Crippen LogP contribution in [0.4, 0.5) is 5.82 Å². The molecule has 0 radical (unpaired) electrons. The van der Waals surface area contributed by atoms with E-state index in [1.165, 1.54) is 5.56 Å². The van der Waals surface area contributed by atoms with Crippen molar-refractivity contribution in [1.82, 2.24) is 10.3 Å². The van der Waals surface area contributed by atoms with E-state index < -0.39 is 0 Å². The summed E-state index contributed by atoms with van der Waals surface area (Å²) >= 11 is 0. The Morgan fingerprint density at radius 3 is 2.54 bits per heavy atom. The van der Waals surface area contributed by atoms with Crippen LogP contribution in [0, 0.1) is 5.92 Å². The van der Waals surface area contributed by atoms with Gasteiger partial charge < -0.3 is 15.0 Å². The molecule has 1 aliphatic heterocycles. The van der Waals surface area contributed by atoms with E-state index in [0.29, 0.717) is 11.8 Å². The minimum absolute atomic E-state index is 0.411. The minimum Gasteiger partial charge on any atom is -0.493 e. The molecule has 1 fully saturated rings. The van der Waals surface area contributed by atoms with Crippen LogP contribution in [-0.2, 0) is 0 Å². The van der Waals surface area contributed by atoms with Gasteiger partial charge in [-0.05, 0) is 47.7 Å². The molecule has 4 nitrogen and oxygen atoms in total. The van der Waals surface area contributed by atoms with Crippen molar-refractivity contribution < 1.29 is 4.74 Å². The molecule has 0 unspecified atom stereocenters. The van der Waals surface area contributed by atoms with Crippen molar-refractivity contribution in [1.29, 1.82) is 0 Å². The molecule has 1 aromatic carbocycles. The van der Waals surface area contributed by atoms with Crippen LogP contribution < -0.4 is 15.0 Å². The Bertz CT molecular complexity index is 721. The summed E-state index contributed by atoms with van der Waals surface area (Å²) in [7, 11) is 0. The third-order valence-electron chi connectivity index (χ3n) is 4.68. The van der Waals surface area contributed by atoms with Gasteiger partial charge in [0.15, 0.2) is 0 Å². The number of rotatable bonds is 6. The predicted molar refractivity (Wildman–Crippen MR) is 109 cm³/mol. The number of nitrogens with zero attached hydrogens (tertiary/aromatic N) is 2. The van der Waals surface area contributed by atoms with Crippen molar-refractivity contribution in [2.75, 3.05) is 37.7 Å². The van der Waals surface area contributed by atoms with Crippen LogP contribution in [-0.4, -0.2) is 37.8 Å². The van der Waals surface area contributed by atoms with Crippen molar-refractivity contribution in [3.05, 3.63) is 42.0 Å². The standard InChI is InChI=1S/C22H31N3O/c1-16(2)15-26-21-9-8-18(14-19(21)17(3)4)20-6-5-7-22(24-20)25-12-10-23-11-13-25/h5-9,14,16-17,23H,10-13,15H2,1-4H3. The lowest BCUT2D eigenvalue weighted by Crippen LogP contribution is -2.43. The molecule has 0 amide bonds. The van der Waals surface area contributed by atoms with Gasteiger partial charge in [0, 0.05) is 31.7 Å². The van der Waals surface area contributed by atoms with E-state index in [-0.39, 0.29) is 0 Å². The fourth-order valence-electron chi connectivity index (χ4n) is 3.20. The van der Waals surface area contributed by atoms with E-state index in [9.17, 15) is 0 Å². The molecule has 0 atom stereocenters. The molecule has 140 valence electrons. The van der Waals surface area contributed by atoms with Crippen LogP contribution in [0.5, 0.6) is 5.75 Å². The Labute approximate surface area is 157 Å². The van der Waals surface area contributed by atoms with Gasteiger partial charge in [0.2, 0.25) is 0 Å². The zero-order chi connectivity index (χ0) is 18.5. The molecule has 3 rings (SSSR count). The normalized spacial score (nSPS) is 14.9. The van der Waals surface area contributed by atoms with Gasteiger partial charge >= 0.3 is 0 Å². The number of aromatic nitrogens is 1. The van der Waals surface area contributed by atoms with E-state index in [2.05, 4.69) is 74.3 Å². The molecule has 1 N–H and O–H groups in total. The molecule has 0 spiro atoms. The van der Waals surface area contributed by atoms with Crippen molar-refractivity contribution in [2.24, 2.45) is 5.92 Å². The first-order valence-corrected chi connectivity index (χ1v) is 9.74. The van der Waals surface area contributed by atoms with Gasteiger partial charge in [-0.1, -0.05) is 33.8 Å². The van der Waals surface area contributed by atoms with Crippen molar-refractivity contribution >= 4 is 5.82 Å². The van der Waals surface area contributed by atoms with Crippen LogP contribution >= 0.6 is 0 Å². The van der Waals surface area contributed by atoms with Crippen molar-refractivity contribution in [2.45, 2.75) is 33.6 Å². The molecule has 0 aliphatic carbocycles. The summed E-state index contributed by atoms with van der Waals surface area (Å²) in [4.78, 5) is 7.28. The molecule has 4 heteroatoms. The van der Waals surface area contributed by atoms with E-state index in [1.54, 1.807) is 0 Å². The second kappa shape index (κ2) is 8.54. The Morgan fingerprint density at radius 1 is 1.08 bits per heavy atom. The summed E-state index contributed by atoms with van der Waals surface area (Å²) in [6.45, 7) is 13.6. The Balaban J connectivity index is 1.87. The minimum atomic E-state index is 0.411. The number of pyridine rings is 1. The van der Waals surface area contributed by atoms with Crippen LogP contribution in [0.1, 0.15) is 39.2 Å². The van der Waals surface area contributed by atoms with Crippen LogP contribution in [0.3, 0.4) is 0 Å². The maximum atomic E-state index is 6.03. The Kier molecular flexibility index (Phi) is 6.15. The molecule has 26 heavy (non-hydrogen) atoms. The lowest BCUT2D eigenvalue weighted by molar-refractivity contribution is 0.268. The number of piperazine rings is 1. The molecule has 0 bridgehead atoms. The van der Waals surface area contributed by atoms with E-state index in [4.69, 9.17) is 9.72 Å². The maximum absolute atomic E-state index is 6.03. The van der Waals surface area contributed by atoms with Crippen molar-refractivity contribution in [3.63, 3.8) is 0 Å². The number of hydrogen-bond donors (Lipinski definition) is 1. The topological polar surface area (TPSA) is 37.4 Å². The maximum Gasteiger partial charge on any atom is 0.129 e. The fourth-order valence-corrected chi connectivity index (χ4v) is 3.20. The summed E-state index contributed by atoms with van der Waals surface area (Å²) in [5.74, 6) is 2.99. The van der Waals surface area contributed by atoms with Gasteiger partial charge in [0.05, 0.1) is 12.3 Å². The lowest BCUT2D eigenvalue weighted by Gasteiger charge is -2.28. The molecule has 2 heterocycles. The fraction of sp³-hybridized carbons (Fsp3) is 0.500. The largest absolute Gasteiger partial charge is 0.493 e. The molecular formula is C22H31N3O. The number of anilines is 1. The van der Waals surface area contributed by atoms with E-state index >= 15 is 0 Å². The highest BCUT2D eigenvalue weighted by atomic mass is 16.5. The highest BCUT2D eigenvalue weighted by Gasteiger charge is 2.14. The van der Waals surface area contributed by atoms with Gasteiger partial charge in [-0.3, -0.25) is 0 Å². The zero-order valence-electron chi connectivity index (χ0n) is 16.5. The molecule has 1 aliphatic rings. The summed E-state index contributed by atoms with van der Waals surface area (Å²) in [6, 6.07) is 12.8. The van der Waals surface area contributed by atoms with Crippen molar-refractivity contribution in [3.8, 4) is 17.0 Å². The highest BCUT2D eigenvalue weighted by molar-refractivity contribution is 5.64. The van der Waals surface area contributed by atoms with Crippen LogP contribution in [0.2, 0.25) is 0 Å². The highest BCUT2D eigenvalue weighted by Crippen LogP contribution is 2.32.